The maximum atomic E-state index is 13.4. The molecule has 0 unspecified atom stereocenters. The number of carbonyl (C=O) groups excluding carboxylic acids is 3. The van der Waals surface area contributed by atoms with Gasteiger partial charge in [-0.1, -0.05) is 48.5 Å². The van der Waals surface area contributed by atoms with Crippen molar-refractivity contribution in [1.82, 2.24) is 4.90 Å². The van der Waals surface area contributed by atoms with E-state index in [0.717, 1.165) is 5.56 Å². The number of hydrogen-bond acceptors (Lipinski definition) is 6. The summed E-state index contributed by atoms with van der Waals surface area (Å²) < 4.78 is -0.778. The van der Waals surface area contributed by atoms with Crippen molar-refractivity contribution in [2.75, 3.05) is 4.90 Å². The normalized spacial score (nSPS) is 24.0. The third-order valence-electron chi connectivity index (χ3n) is 5.82. The van der Waals surface area contributed by atoms with Crippen LogP contribution in [0.5, 0.6) is 0 Å². The summed E-state index contributed by atoms with van der Waals surface area (Å²) in [7, 11) is 0. The quantitative estimate of drug-likeness (QED) is 0.394. The van der Waals surface area contributed by atoms with Gasteiger partial charge >= 0.3 is 29.6 Å². The van der Waals surface area contributed by atoms with Gasteiger partial charge < -0.3 is 24.8 Å². The van der Waals surface area contributed by atoms with Crippen LogP contribution in [0.3, 0.4) is 0 Å². The first-order chi connectivity index (χ1) is 14.7. The van der Waals surface area contributed by atoms with E-state index in [1.165, 1.54) is 21.6 Å². The van der Waals surface area contributed by atoms with Crippen molar-refractivity contribution in [3.8, 4) is 0 Å². The van der Waals surface area contributed by atoms with Crippen molar-refractivity contribution in [3.63, 3.8) is 0 Å². The SMILES string of the molecule is CC1(C)S[C@@H]2[C@H]([C@H](O)C(=O)N(Cc3ccccc3)c3ccccc3)C(=O)N2[C@H]1C(=O)[O-].[Na+]. The zero-order valence-corrected chi connectivity index (χ0v) is 21.0. The molecule has 9 heteroatoms. The maximum Gasteiger partial charge on any atom is 1.00 e. The van der Waals surface area contributed by atoms with E-state index in [9.17, 15) is 24.6 Å². The summed E-state index contributed by atoms with van der Waals surface area (Å²) in [5, 5.41) is 22.0. The first kappa shape index (κ1) is 24.8. The Balaban J connectivity index is 0.00000289. The number of hydrogen-bond donors (Lipinski definition) is 1. The van der Waals surface area contributed by atoms with E-state index in [0.29, 0.717) is 5.69 Å². The smallest absolute Gasteiger partial charge is 0.548 e. The number of rotatable bonds is 6. The first-order valence-electron chi connectivity index (χ1n) is 10.0. The molecule has 0 saturated carbocycles. The molecule has 2 aromatic rings. The number of fused-ring (bicyclic) bond motifs is 1. The average Bonchev–Trinajstić information content (AvgIpc) is 3.00. The number of para-hydroxylation sites is 1. The molecule has 0 aliphatic carbocycles. The standard InChI is InChI=1S/C23H24N2O5S.Na/c1-23(2)18(22(29)30)25-19(27)16(21(25)31-23)17(26)20(28)24(15-11-7-4-8-12-15)13-14-9-5-3-6-10-14;/h3-12,16-18,21,26H,13H2,1-2H3,(H,29,30);/q;+1/p-1/t16-,17+,18+,21-;/m1./s1. The third kappa shape index (κ3) is 4.34. The predicted molar refractivity (Wildman–Crippen MR) is 115 cm³/mol. The average molecular weight is 463 g/mol. The van der Waals surface area contributed by atoms with Crippen molar-refractivity contribution in [2.24, 2.45) is 5.92 Å². The molecule has 2 amide bonds. The summed E-state index contributed by atoms with van der Waals surface area (Å²) in [4.78, 5) is 40.4. The molecule has 162 valence electrons. The van der Waals surface area contributed by atoms with Gasteiger partial charge in [-0.2, -0.15) is 0 Å². The van der Waals surface area contributed by atoms with Gasteiger partial charge in [-0.05, 0) is 31.5 Å². The van der Waals surface area contributed by atoms with Crippen LogP contribution in [0.25, 0.3) is 0 Å². The number of anilines is 1. The Bertz CT molecular complexity index is 1000. The van der Waals surface area contributed by atoms with Gasteiger partial charge in [0.15, 0.2) is 0 Å². The number of β-lactam (4-membered cyclic amide) rings is 1. The van der Waals surface area contributed by atoms with Crippen molar-refractivity contribution >= 4 is 35.2 Å². The number of nitrogens with zero attached hydrogens (tertiary/aromatic N) is 2. The predicted octanol–water partition coefficient (Wildman–Crippen LogP) is -1.99. The molecule has 2 aliphatic rings. The summed E-state index contributed by atoms with van der Waals surface area (Å²) in [5.74, 6) is -3.46. The molecular weight excluding hydrogens is 439 g/mol. The minimum absolute atomic E-state index is 0. The van der Waals surface area contributed by atoms with E-state index in [-0.39, 0.29) is 36.1 Å². The second-order valence-electron chi connectivity index (χ2n) is 8.30. The Labute approximate surface area is 213 Å². The van der Waals surface area contributed by atoms with Crippen LogP contribution >= 0.6 is 11.8 Å². The van der Waals surface area contributed by atoms with Crippen LogP contribution in [-0.4, -0.2) is 50.1 Å². The minimum atomic E-state index is -1.58. The Kier molecular flexibility index (Phi) is 7.41. The summed E-state index contributed by atoms with van der Waals surface area (Å²) >= 11 is 1.28. The van der Waals surface area contributed by atoms with Crippen LogP contribution in [0.1, 0.15) is 19.4 Å². The van der Waals surface area contributed by atoms with Gasteiger partial charge in [0, 0.05) is 10.4 Å². The largest absolute Gasteiger partial charge is 1.00 e. The molecule has 0 aromatic heterocycles. The van der Waals surface area contributed by atoms with E-state index in [1.807, 2.05) is 36.4 Å². The second kappa shape index (κ2) is 9.57. The van der Waals surface area contributed by atoms with Crippen molar-refractivity contribution in [2.45, 2.75) is 42.7 Å². The van der Waals surface area contributed by atoms with Crippen molar-refractivity contribution < 1.29 is 54.2 Å². The molecule has 2 aliphatic heterocycles. The van der Waals surface area contributed by atoms with Gasteiger partial charge in [0.25, 0.3) is 5.91 Å². The number of aliphatic hydroxyl groups excluding tert-OH is 1. The molecule has 0 radical (unpaired) electrons. The van der Waals surface area contributed by atoms with E-state index < -0.39 is 46.0 Å². The molecule has 2 heterocycles. The topological polar surface area (TPSA) is 101 Å². The maximum absolute atomic E-state index is 13.4. The molecule has 0 bridgehead atoms. The summed E-state index contributed by atoms with van der Waals surface area (Å²) in [5.41, 5.74) is 1.48. The fourth-order valence-electron chi connectivity index (χ4n) is 4.30. The Morgan fingerprint density at radius 3 is 2.25 bits per heavy atom. The van der Waals surface area contributed by atoms with Gasteiger partial charge in [0.2, 0.25) is 5.91 Å². The van der Waals surface area contributed by atoms with Gasteiger partial charge in [-0.3, -0.25) is 9.59 Å². The van der Waals surface area contributed by atoms with Gasteiger partial charge in [-0.25, -0.2) is 0 Å². The Morgan fingerprint density at radius 2 is 1.69 bits per heavy atom. The fraction of sp³-hybridized carbons (Fsp3) is 0.348. The summed E-state index contributed by atoms with van der Waals surface area (Å²) in [6.07, 6.45) is -1.58. The number of thioether (sulfide) groups is 1. The van der Waals surface area contributed by atoms with Crippen LogP contribution in [-0.2, 0) is 20.9 Å². The minimum Gasteiger partial charge on any atom is -0.548 e. The van der Waals surface area contributed by atoms with Gasteiger partial charge in [-0.15, -0.1) is 11.8 Å². The summed E-state index contributed by atoms with van der Waals surface area (Å²) in [6, 6.07) is 17.2. The number of carbonyl (C=O) groups is 3. The molecule has 4 rings (SSSR count). The molecule has 2 saturated heterocycles. The molecule has 7 nitrogen and oxygen atoms in total. The molecule has 1 N–H and O–H groups in total. The summed E-state index contributed by atoms with van der Waals surface area (Å²) in [6.45, 7) is 3.68. The second-order valence-corrected chi connectivity index (χ2v) is 10.1. The Morgan fingerprint density at radius 1 is 1.12 bits per heavy atom. The van der Waals surface area contributed by atoms with E-state index >= 15 is 0 Å². The van der Waals surface area contributed by atoms with Gasteiger partial charge in [0.1, 0.15) is 12.0 Å². The Hall–Kier alpha value is -1.84. The number of carboxylic acids is 1. The molecule has 2 aromatic carbocycles. The van der Waals surface area contributed by atoms with Crippen molar-refractivity contribution in [1.29, 1.82) is 0 Å². The molecule has 2 fully saturated rings. The number of amides is 2. The van der Waals surface area contributed by atoms with Crippen LogP contribution in [0.2, 0.25) is 0 Å². The molecular formula is C23H23N2NaO5S. The van der Waals surface area contributed by atoms with E-state index in [4.69, 9.17) is 0 Å². The zero-order chi connectivity index (χ0) is 22.3. The fourth-order valence-corrected chi connectivity index (χ4v) is 6.01. The molecule has 4 atom stereocenters. The monoisotopic (exact) mass is 462 g/mol. The van der Waals surface area contributed by atoms with E-state index in [2.05, 4.69) is 0 Å². The van der Waals surface area contributed by atoms with E-state index in [1.54, 1.807) is 38.1 Å². The number of aliphatic hydroxyl groups is 1. The van der Waals surface area contributed by atoms with Crippen LogP contribution in [0, 0.1) is 5.92 Å². The zero-order valence-electron chi connectivity index (χ0n) is 18.2. The third-order valence-corrected chi connectivity index (χ3v) is 7.41. The number of carboxylic acid groups (broad SMARTS) is 1. The number of aliphatic carboxylic acids is 1. The van der Waals surface area contributed by atoms with Crippen LogP contribution < -0.4 is 39.6 Å². The van der Waals surface area contributed by atoms with Crippen LogP contribution in [0.15, 0.2) is 60.7 Å². The molecule has 0 spiro atoms. The number of benzene rings is 2. The van der Waals surface area contributed by atoms with Crippen LogP contribution in [0.4, 0.5) is 5.69 Å². The van der Waals surface area contributed by atoms with Crippen molar-refractivity contribution in [3.05, 3.63) is 66.2 Å². The van der Waals surface area contributed by atoms with Gasteiger partial charge in [0.05, 0.1) is 23.9 Å². The first-order valence-corrected chi connectivity index (χ1v) is 10.9. The molecule has 32 heavy (non-hydrogen) atoms.